The number of Topliss-reactive ketones (excluding diaryl/α,β-unsaturated/α-hetero) is 1. The highest BCUT2D eigenvalue weighted by atomic mass is 16.5. The van der Waals surface area contributed by atoms with Crippen molar-refractivity contribution in [2.75, 3.05) is 19.7 Å². The molecule has 192 valence electrons. The van der Waals surface area contributed by atoms with E-state index in [0.717, 1.165) is 16.7 Å². The summed E-state index contributed by atoms with van der Waals surface area (Å²) in [4.78, 5) is 41.3. The van der Waals surface area contributed by atoms with Crippen LogP contribution in [0, 0.1) is 5.41 Å². The van der Waals surface area contributed by atoms with Gasteiger partial charge in [-0.1, -0.05) is 68.4 Å². The summed E-state index contributed by atoms with van der Waals surface area (Å²) >= 11 is 0. The van der Waals surface area contributed by atoms with Gasteiger partial charge in [-0.3, -0.25) is 14.4 Å². The number of piperidine rings is 1. The molecule has 1 aliphatic carbocycles. The van der Waals surface area contributed by atoms with Gasteiger partial charge in [0.05, 0.1) is 18.8 Å². The first-order valence-corrected chi connectivity index (χ1v) is 12.6. The summed E-state index contributed by atoms with van der Waals surface area (Å²) < 4.78 is 5.85. The molecule has 7 heteroatoms. The molecule has 4 rings (SSSR count). The summed E-state index contributed by atoms with van der Waals surface area (Å²) in [5.41, 5.74) is 6.89. The molecule has 0 bridgehead atoms. The van der Waals surface area contributed by atoms with E-state index in [1.807, 2.05) is 62.4 Å². The Balaban J connectivity index is 1.48. The van der Waals surface area contributed by atoms with E-state index in [-0.39, 0.29) is 23.7 Å². The Morgan fingerprint density at radius 1 is 1.06 bits per heavy atom. The predicted molar refractivity (Wildman–Crippen MR) is 138 cm³/mol. The maximum absolute atomic E-state index is 13.6. The van der Waals surface area contributed by atoms with Crippen LogP contribution in [0.1, 0.15) is 62.0 Å². The average molecular weight is 492 g/mol. The van der Waals surface area contributed by atoms with Crippen LogP contribution in [-0.4, -0.2) is 53.8 Å². The van der Waals surface area contributed by atoms with Crippen molar-refractivity contribution < 1.29 is 19.1 Å². The number of ether oxygens (including phenoxy) is 1. The van der Waals surface area contributed by atoms with Crippen LogP contribution in [0.3, 0.4) is 0 Å². The second-order valence-electron chi connectivity index (χ2n) is 11.2. The summed E-state index contributed by atoms with van der Waals surface area (Å²) in [5.74, 6) is -0.428. The summed E-state index contributed by atoms with van der Waals surface area (Å²) in [6.07, 6.45) is 1.37. The molecule has 1 atom stereocenters. The van der Waals surface area contributed by atoms with Gasteiger partial charge in [-0.15, -0.1) is 0 Å². The molecule has 1 aliphatic heterocycles. The monoisotopic (exact) mass is 491 g/mol. The molecule has 1 fully saturated rings. The molecule has 7 nitrogen and oxygen atoms in total. The molecule has 0 saturated carbocycles. The van der Waals surface area contributed by atoms with Gasteiger partial charge in [0.2, 0.25) is 11.8 Å². The lowest BCUT2D eigenvalue weighted by atomic mass is 9.60. The van der Waals surface area contributed by atoms with Crippen molar-refractivity contribution in [1.82, 2.24) is 10.2 Å². The molecule has 36 heavy (non-hydrogen) atoms. The van der Waals surface area contributed by atoms with E-state index < -0.39 is 22.9 Å². The van der Waals surface area contributed by atoms with E-state index in [9.17, 15) is 14.4 Å². The lowest BCUT2D eigenvalue weighted by molar-refractivity contribution is -0.141. The first-order chi connectivity index (χ1) is 17.0. The molecule has 2 aromatic rings. The highest BCUT2D eigenvalue weighted by Gasteiger charge is 2.58. The number of carbonyl (C=O) groups excluding carboxylic acids is 3. The number of hydrogen-bond donors (Lipinski definition) is 2. The number of nitrogens with one attached hydrogen (secondary N) is 1. The molecule has 0 unspecified atom stereocenters. The third-order valence-electron chi connectivity index (χ3n) is 7.96. The van der Waals surface area contributed by atoms with Gasteiger partial charge in [-0.05, 0) is 37.8 Å². The second kappa shape index (κ2) is 9.79. The van der Waals surface area contributed by atoms with E-state index in [0.29, 0.717) is 32.5 Å². The number of likely N-dealkylation sites (tertiary alicyclic amines) is 1. The minimum Gasteiger partial charge on any atom is -0.374 e. The van der Waals surface area contributed by atoms with Crippen LogP contribution >= 0.6 is 0 Å². The second-order valence-corrected chi connectivity index (χ2v) is 11.2. The van der Waals surface area contributed by atoms with E-state index in [4.69, 9.17) is 10.5 Å². The summed E-state index contributed by atoms with van der Waals surface area (Å²) in [6, 6.07) is 16.7. The van der Waals surface area contributed by atoms with Gasteiger partial charge in [0.15, 0.2) is 5.78 Å². The molecule has 2 amide bonds. The number of ketones is 1. The highest BCUT2D eigenvalue weighted by molar-refractivity contribution is 6.06. The molecule has 0 radical (unpaired) electrons. The van der Waals surface area contributed by atoms with E-state index in [1.54, 1.807) is 18.7 Å². The number of rotatable bonds is 7. The molecule has 1 heterocycles. The molecular weight excluding hydrogens is 454 g/mol. The summed E-state index contributed by atoms with van der Waals surface area (Å²) in [5, 5.41) is 2.81. The van der Waals surface area contributed by atoms with Gasteiger partial charge in [-0.2, -0.15) is 0 Å². The third kappa shape index (κ3) is 4.70. The average Bonchev–Trinajstić information content (AvgIpc) is 3.02. The first kappa shape index (κ1) is 26.0. The van der Waals surface area contributed by atoms with Gasteiger partial charge in [0.25, 0.3) is 0 Å². The Hall–Kier alpha value is -3.03. The normalized spacial score (nSPS) is 19.1. The zero-order valence-corrected chi connectivity index (χ0v) is 21.7. The van der Waals surface area contributed by atoms with E-state index in [1.165, 1.54) is 0 Å². The Bertz CT molecular complexity index is 1130. The smallest absolute Gasteiger partial charge is 0.247 e. The number of amides is 2. The van der Waals surface area contributed by atoms with Gasteiger partial charge >= 0.3 is 0 Å². The van der Waals surface area contributed by atoms with Crippen molar-refractivity contribution in [2.45, 2.75) is 64.1 Å². The van der Waals surface area contributed by atoms with Crippen LogP contribution in [0.15, 0.2) is 54.6 Å². The lowest BCUT2D eigenvalue weighted by Gasteiger charge is -2.47. The highest BCUT2D eigenvalue weighted by Crippen LogP contribution is 2.56. The number of hydrogen-bond acceptors (Lipinski definition) is 5. The molecule has 0 aromatic heterocycles. The van der Waals surface area contributed by atoms with Crippen LogP contribution in [0.5, 0.6) is 0 Å². The number of carbonyl (C=O) groups is 3. The maximum Gasteiger partial charge on any atom is 0.247 e. The number of nitrogens with two attached hydrogens (primary N) is 1. The standard InChI is InChI=1S/C29H37N3O4/c1-27(2)24(33)21-12-8-9-13-22(21)29(27)14-16-32(17-15-29)25(34)23(31-26(35)28(3,4)30)19-36-18-20-10-6-5-7-11-20/h5-13,23H,14-19,30H2,1-4H3,(H,31,35)/t23-/m1/s1. The van der Waals surface area contributed by atoms with Crippen molar-refractivity contribution in [3.63, 3.8) is 0 Å². The van der Waals surface area contributed by atoms with Crippen LogP contribution in [0.4, 0.5) is 0 Å². The first-order valence-electron chi connectivity index (χ1n) is 12.6. The fraction of sp³-hybridized carbons (Fsp3) is 0.483. The van der Waals surface area contributed by atoms with Crippen LogP contribution in [-0.2, 0) is 26.3 Å². The molecule has 3 N–H and O–H groups in total. The van der Waals surface area contributed by atoms with Gasteiger partial charge in [0.1, 0.15) is 6.04 Å². The minimum atomic E-state index is -1.12. The molecular formula is C29H37N3O4. The van der Waals surface area contributed by atoms with Gasteiger partial charge in [0, 0.05) is 29.5 Å². The Morgan fingerprint density at radius 3 is 2.31 bits per heavy atom. The van der Waals surface area contributed by atoms with Crippen LogP contribution in [0.2, 0.25) is 0 Å². The zero-order chi connectivity index (χ0) is 26.1. The predicted octanol–water partition coefficient (Wildman–Crippen LogP) is 3.21. The fourth-order valence-electron chi connectivity index (χ4n) is 5.60. The Kier molecular flexibility index (Phi) is 7.08. The summed E-state index contributed by atoms with van der Waals surface area (Å²) in [6.45, 7) is 8.65. The van der Waals surface area contributed by atoms with E-state index >= 15 is 0 Å². The zero-order valence-electron chi connectivity index (χ0n) is 21.7. The summed E-state index contributed by atoms with van der Waals surface area (Å²) in [7, 11) is 0. The molecule has 2 aliphatic rings. The SMILES string of the molecule is CC(C)(N)C(=O)N[C@H](COCc1ccccc1)C(=O)N1CCC2(CC1)c1ccccc1C(=O)C2(C)C. The molecule has 2 aromatic carbocycles. The van der Waals surface area contributed by atoms with Crippen molar-refractivity contribution >= 4 is 17.6 Å². The van der Waals surface area contributed by atoms with Gasteiger partial charge in [-0.25, -0.2) is 0 Å². The van der Waals surface area contributed by atoms with E-state index in [2.05, 4.69) is 11.4 Å². The van der Waals surface area contributed by atoms with Crippen molar-refractivity contribution in [2.24, 2.45) is 11.1 Å². The number of nitrogens with zero attached hydrogens (tertiary/aromatic N) is 1. The third-order valence-corrected chi connectivity index (χ3v) is 7.96. The topological polar surface area (TPSA) is 102 Å². The molecule has 1 spiro atoms. The quantitative estimate of drug-likeness (QED) is 0.619. The van der Waals surface area contributed by atoms with Crippen LogP contribution < -0.4 is 11.1 Å². The van der Waals surface area contributed by atoms with Crippen molar-refractivity contribution in [1.29, 1.82) is 0 Å². The lowest BCUT2D eigenvalue weighted by Crippen LogP contribution is -2.59. The van der Waals surface area contributed by atoms with Crippen molar-refractivity contribution in [3.05, 3.63) is 71.3 Å². The maximum atomic E-state index is 13.6. The minimum absolute atomic E-state index is 0.0456. The molecule has 1 saturated heterocycles. The van der Waals surface area contributed by atoms with Gasteiger partial charge < -0.3 is 20.7 Å². The number of fused-ring (bicyclic) bond motifs is 2. The number of benzene rings is 2. The Morgan fingerprint density at radius 2 is 1.67 bits per heavy atom. The Labute approximate surface area is 213 Å². The van der Waals surface area contributed by atoms with Crippen LogP contribution in [0.25, 0.3) is 0 Å². The van der Waals surface area contributed by atoms with Crippen molar-refractivity contribution in [3.8, 4) is 0 Å². The fourth-order valence-corrected chi connectivity index (χ4v) is 5.60. The largest absolute Gasteiger partial charge is 0.374 e.